The number of nitrogens with zero attached hydrogens (tertiary/aromatic N) is 6. The maximum atomic E-state index is 10.2. The van der Waals surface area contributed by atoms with Crippen molar-refractivity contribution >= 4 is 51.0 Å². The molecule has 2 aromatic heterocycles. The Balaban J connectivity index is 1.15. The van der Waals surface area contributed by atoms with Gasteiger partial charge >= 0.3 is 0 Å². The first kappa shape index (κ1) is 31.0. The summed E-state index contributed by atoms with van der Waals surface area (Å²) in [6.07, 6.45) is 6.09. The number of pyridine rings is 1. The van der Waals surface area contributed by atoms with Crippen LogP contribution >= 0.6 is 0 Å². The highest BCUT2D eigenvalue weighted by atomic mass is 16.5. The fourth-order valence-electron chi connectivity index (χ4n) is 9.22. The quantitative estimate of drug-likeness (QED) is 0.182. The van der Waals surface area contributed by atoms with Gasteiger partial charge in [-0.05, 0) is 100 Å². The van der Waals surface area contributed by atoms with Crippen LogP contribution in [-0.4, -0.2) is 23.3 Å². The van der Waals surface area contributed by atoms with E-state index in [1.807, 2.05) is 72.9 Å². The Morgan fingerprint density at radius 2 is 1.33 bits per heavy atom. The number of hydrogen-bond donors (Lipinski definition) is 0. The summed E-state index contributed by atoms with van der Waals surface area (Å²) in [7, 11) is 2.12. The maximum absolute atomic E-state index is 10.2. The van der Waals surface area contributed by atoms with E-state index in [1.165, 1.54) is 0 Å². The molecule has 0 N–H and O–H groups in total. The molecule has 7 nitrogen and oxygen atoms in total. The second-order valence-electron chi connectivity index (χ2n) is 14.4. The van der Waals surface area contributed by atoms with E-state index >= 15 is 0 Å². The molecule has 0 saturated carbocycles. The van der Waals surface area contributed by atoms with Gasteiger partial charge in [-0.2, -0.15) is 10.5 Å². The van der Waals surface area contributed by atoms with Crippen LogP contribution in [0.15, 0.2) is 140 Å². The largest absolute Gasteiger partial charge is 0.457 e. The zero-order valence-electron chi connectivity index (χ0n) is 29.7. The molecule has 2 aliphatic heterocycles. The standard InChI is InChI=1S/C48H30N6O/c1-52-29-53-45-26-35(55-34-18-20-37-36-7-2-3-9-42(36)54(44(37)25-34)46-11-4-5-22-51-46)19-21-38(45)48(39-8-6-10-43(52)47(39)53)40-23-30(27-49)12-14-32(40)16-17-33-15-13-31(28-50)24-41(33)48/h2-26H,29H2,1H3. The van der Waals surface area contributed by atoms with Crippen molar-refractivity contribution in [3.8, 4) is 29.5 Å². The number of aromatic nitrogens is 2. The fraction of sp³-hybridized carbons (Fsp3) is 0.0625. The Kier molecular flexibility index (Phi) is 6.44. The molecule has 0 bridgehead atoms. The lowest BCUT2D eigenvalue weighted by Crippen LogP contribution is -2.39. The summed E-state index contributed by atoms with van der Waals surface area (Å²) in [5.74, 6) is 2.26. The average molecular weight is 707 g/mol. The van der Waals surface area contributed by atoms with Gasteiger partial charge in [0.2, 0.25) is 0 Å². The molecule has 0 atom stereocenters. The van der Waals surface area contributed by atoms with Crippen LogP contribution in [0, 0.1) is 22.7 Å². The molecule has 0 saturated heterocycles. The first-order valence-corrected chi connectivity index (χ1v) is 18.2. The predicted octanol–water partition coefficient (Wildman–Crippen LogP) is 10.4. The highest BCUT2D eigenvalue weighted by molar-refractivity contribution is 6.09. The van der Waals surface area contributed by atoms with Crippen molar-refractivity contribution in [1.29, 1.82) is 10.5 Å². The van der Waals surface area contributed by atoms with Crippen molar-refractivity contribution in [1.82, 2.24) is 9.55 Å². The molecular formula is C48H30N6O. The Morgan fingerprint density at radius 1 is 0.618 bits per heavy atom. The lowest BCUT2D eigenvalue weighted by Gasteiger charge is -2.45. The van der Waals surface area contributed by atoms with Crippen molar-refractivity contribution in [3.63, 3.8) is 0 Å². The van der Waals surface area contributed by atoms with Crippen molar-refractivity contribution in [2.24, 2.45) is 0 Å². The summed E-state index contributed by atoms with van der Waals surface area (Å²) in [4.78, 5) is 9.35. The van der Waals surface area contributed by atoms with E-state index in [0.29, 0.717) is 29.3 Å². The second kappa shape index (κ2) is 11.4. The van der Waals surface area contributed by atoms with E-state index in [2.05, 4.69) is 112 Å². The van der Waals surface area contributed by atoms with Gasteiger partial charge in [0.05, 0.1) is 63.4 Å². The van der Waals surface area contributed by atoms with Gasteiger partial charge < -0.3 is 14.5 Å². The zero-order valence-corrected chi connectivity index (χ0v) is 29.7. The first-order valence-electron chi connectivity index (χ1n) is 18.2. The van der Waals surface area contributed by atoms with Crippen LogP contribution in [-0.2, 0) is 5.41 Å². The molecule has 55 heavy (non-hydrogen) atoms. The van der Waals surface area contributed by atoms with Crippen LogP contribution in [0.5, 0.6) is 11.5 Å². The van der Waals surface area contributed by atoms with Crippen LogP contribution in [0.1, 0.15) is 44.5 Å². The van der Waals surface area contributed by atoms with E-state index in [1.54, 1.807) is 0 Å². The van der Waals surface area contributed by atoms with Gasteiger partial charge in [-0.15, -0.1) is 0 Å². The molecule has 0 unspecified atom stereocenters. The molecule has 11 rings (SSSR count). The van der Waals surface area contributed by atoms with Gasteiger partial charge in [0.25, 0.3) is 0 Å². The smallest absolute Gasteiger partial charge is 0.137 e. The predicted molar refractivity (Wildman–Crippen MR) is 217 cm³/mol. The molecule has 7 heteroatoms. The van der Waals surface area contributed by atoms with E-state index in [0.717, 1.165) is 78.1 Å². The van der Waals surface area contributed by atoms with Crippen molar-refractivity contribution in [2.75, 3.05) is 23.5 Å². The number of benzene rings is 6. The number of anilines is 3. The zero-order chi connectivity index (χ0) is 36.8. The lowest BCUT2D eigenvalue weighted by molar-refractivity contribution is 0.482. The molecule has 8 aromatic rings. The molecule has 3 aliphatic rings. The van der Waals surface area contributed by atoms with Gasteiger partial charge in [-0.1, -0.05) is 66.7 Å². The fourth-order valence-corrected chi connectivity index (χ4v) is 9.22. The third kappa shape index (κ3) is 4.27. The Hall–Kier alpha value is -7.61. The summed E-state index contributed by atoms with van der Waals surface area (Å²) < 4.78 is 8.99. The molecule has 0 radical (unpaired) electrons. The minimum Gasteiger partial charge on any atom is -0.457 e. The molecule has 258 valence electrons. The molecule has 0 amide bonds. The minimum atomic E-state index is -0.850. The molecule has 1 aliphatic carbocycles. The average Bonchev–Trinajstić information content (AvgIpc) is 3.70. The molecule has 0 fully saturated rings. The molecule has 4 heterocycles. The Morgan fingerprint density at radius 3 is 2.07 bits per heavy atom. The molecule has 1 spiro atoms. The van der Waals surface area contributed by atoms with Gasteiger partial charge in [0.15, 0.2) is 0 Å². The minimum absolute atomic E-state index is 0.582. The SMILES string of the molecule is CN1CN2c3cc(Oc4ccc5c6ccccc6n(-c6ccccn6)c5c4)ccc3C3(c4cc(C#N)ccc4C=Cc4ccc(C#N)cc43)c3cccc1c32. The highest BCUT2D eigenvalue weighted by Gasteiger charge is 2.51. The second-order valence-corrected chi connectivity index (χ2v) is 14.4. The summed E-state index contributed by atoms with van der Waals surface area (Å²) in [6, 6.07) is 50.2. The van der Waals surface area contributed by atoms with Crippen molar-refractivity contribution in [3.05, 3.63) is 184 Å². The number of para-hydroxylation sites is 2. The van der Waals surface area contributed by atoms with E-state index in [4.69, 9.17) is 9.72 Å². The monoisotopic (exact) mass is 706 g/mol. The van der Waals surface area contributed by atoms with E-state index in [-0.39, 0.29) is 0 Å². The highest BCUT2D eigenvalue weighted by Crippen LogP contribution is 2.62. The number of fused-ring (bicyclic) bond motifs is 11. The van der Waals surface area contributed by atoms with Gasteiger partial charge in [0, 0.05) is 36.1 Å². The summed E-state index contributed by atoms with van der Waals surface area (Å²) >= 11 is 0. The van der Waals surface area contributed by atoms with Crippen LogP contribution in [0.4, 0.5) is 17.1 Å². The number of rotatable bonds is 3. The summed E-state index contributed by atoms with van der Waals surface area (Å²) in [5.41, 5.74) is 11.9. The third-order valence-electron chi connectivity index (χ3n) is 11.5. The summed E-state index contributed by atoms with van der Waals surface area (Å²) in [5, 5.41) is 22.7. The van der Waals surface area contributed by atoms with Crippen molar-refractivity contribution < 1.29 is 4.74 Å². The van der Waals surface area contributed by atoms with Crippen LogP contribution < -0.4 is 14.5 Å². The lowest BCUT2D eigenvalue weighted by atomic mass is 9.61. The van der Waals surface area contributed by atoms with Gasteiger partial charge in [-0.3, -0.25) is 4.57 Å². The number of hydrogen-bond acceptors (Lipinski definition) is 6. The topological polar surface area (TPSA) is 81.1 Å². The Bertz CT molecular complexity index is 2990. The van der Waals surface area contributed by atoms with Crippen LogP contribution in [0.25, 0.3) is 39.8 Å². The van der Waals surface area contributed by atoms with Crippen LogP contribution in [0.3, 0.4) is 0 Å². The maximum Gasteiger partial charge on any atom is 0.137 e. The molecule has 6 aromatic carbocycles. The van der Waals surface area contributed by atoms with E-state index < -0.39 is 5.41 Å². The van der Waals surface area contributed by atoms with Crippen molar-refractivity contribution in [2.45, 2.75) is 5.41 Å². The Labute approximate surface area is 317 Å². The summed E-state index contributed by atoms with van der Waals surface area (Å²) in [6.45, 7) is 0.656. The normalized spacial score (nSPS) is 14.2. The number of nitriles is 2. The number of ether oxygens (including phenoxy) is 1. The third-order valence-corrected chi connectivity index (χ3v) is 11.5. The van der Waals surface area contributed by atoms with Crippen LogP contribution in [0.2, 0.25) is 0 Å². The first-order chi connectivity index (χ1) is 27.1. The molecular weight excluding hydrogens is 677 g/mol. The van der Waals surface area contributed by atoms with Gasteiger partial charge in [-0.25, -0.2) is 4.98 Å². The van der Waals surface area contributed by atoms with E-state index in [9.17, 15) is 10.5 Å². The van der Waals surface area contributed by atoms with Gasteiger partial charge in [0.1, 0.15) is 17.3 Å².